The number of nitrogens with zero attached hydrogens (tertiary/aromatic N) is 6. The van der Waals surface area contributed by atoms with Crippen molar-refractivity contribution < 1.29 is 23.4 Å². The predicted octanol–water partition coefficient (Wildman–Crippen LogP) is 4.82. The van der Waals surface area contributed by atoms with Gasteiger partial charge >= 0.3 is 6.09 Å². The fourth-order valence-corrected chi connectivity index (χ4v) is 5.97. The molecule has 0 radical (unpaired) electrons. The molecule has 0 spiro atoms. The number of carbonyl (C=O) groups excluding carboxylic acids is 1. The summed E-state index contributed by atoms with van der Waals surface area (Å²) in [7, 11) is 1.40. The number of amides is 1. The van der Waals surface area contributed by atoms with Crippen LogP contribution >= 0.6 is 0 Å². The lowest BCUT2D eigenvalue weighted by Crippen LogP contribution is -2.51. The number of fused-ring (bicyclic) bond motifs is 1. The zero-order valence-electron chi connectivity index (χ0n) is 24.2. The van der Waals surface area contributed by atoms with Crippen molar-refractivity contribution in [3.05, 3.63) is 41.7 Å². The van der Waals surface area contributed by atoms with Gasteiger partial charge in [-0.15, -0.1) is 0 Å². The van der Waals surface area contributed by atoms with Crippen molar-refractivity contribution in [3.63, 3.8) is 0 Å². The number of rotatable bonds is 5. The largest absolute Gasteiger partial charge is 0.479 e. The number of pyridine rings is 1. The minimum absolute atomic E-state index is 0.0422. The molecule has 3 aromatic rings. The lowest BCUT2D eigenvalue weighted by molar-refractivity contribution is -0.00865. The van der Waals surface area contributed by atoms with Crippen LogP contribution in [0.15, 0.2) is 24.7 Å². The van der Waals surface area contributed by atoms with E-state index in [-0.39, 0.29) is 24.1 Å². The van der Waals surface area contributed by atoms with Crippen molar-refractivity contribution in [3.8, 4) is 22.8 Å². The summed E-state index contributed by atoms with van der Waals surface area (Å²) in [5.74, 6) is -0.204. The van der Waals surface area contributed by atoms with Crippen molar-refractivity contribution in [2.24, 2.45) is 5.92 Å². The molecule has 2 aliphatic heterocycles. The van der Waals surface area contributed by atoms with Gasteiger partial charge in [-0.05, 0) is 65.9 Å². The van der Waals surface area contributed by atoms with E-state index in [1.54, 1.807) is 6.20 Å². The van der Waals surface area contributed by atoms with E-state index in [1.807, 2.05) is 47.4 Å². The van der Waals surface area contributed by atoms with Gasteiger partial charge in [-0.25, -0.2) is 18.9 Å². The maximum atomic E-state index is 14.5. The second-order valence-corrected chi connectivity index (χ2v) is 11.9. The maximum absolute atomic E-state index is 14.5. The molecule has 0 bridgehead atoms. The fourth-order valence-electron chi connectivity index (χ4n) is 5.97. The molecule has 3 aromatic heterocycles. The zero-order valence-corrected chi connectivity index (χ0v) is 24.2. The Morgan fingerprint density at radius 2 is 1.88 bits per heavy atom. The van der Waals surface area contributed by atoms with Crippen molar-refractivity contribution in [2.45, 2.75) is 84.5 Å². The van der Waals surface area contributed by atoms with Gasteiger partial charge in [0.2, 0.25) is 5.88 Å². The second kappa shape index (κ2) is 11.2. The monoisotopic (exact) mass is 554 g/mol. The van der Waals surface area contributed by atoms with Crippen LogP contribution < -0.4 is 4.74 Å². The number of piperidine rings is 1. The van der Waals surface area contributed by atoms with Crippen LogP contribution in [0.4, 0.5) is 9.18 Å². The van der Waals surface area contributed by atoms with Crippen LogP contribution in [0.25, 0.3) is 16.9 Å². The highest BCUT2D eigenvalue weighted by atomic mass is 19.1. The highest BCUT2D eigenvalue weighted by molar-refractivity contribution is 5.69. The van der Waals surface area contributed by atoms with Gasteiger partial charge in [0.1, 0.15) is 11.3 Å². The Morgan fingerprint density at radius 3 is 2.55 bits per heavy atom. The number of hydrogen-bond donors (Lipinski definition) is 0. The van der Waals surface area contributed by atoms with Gasteiger partial charge in [-0.1, -0.05) is 0 Å². The van der Waals surface area contributed by atoms with Crippen LogP contribution in [0.2, 0.25) is 0 Å². The van der Waals surface area contributed by atoms with Gasteiger partial charge in [0.15, 0.2) is 5.82 Å². The van der Waals surface area contributed by atoms with E-state index in [0.29, 0.717) is 43.2 Å². The number of methoxy groups -OCH3 is 1. The smallest absolute Gasteiger partial charge is 0.410 e. The third-order valence-corrected chi connectivity index (χ3v) is 7.56. The first-order valence-corrected chi connectivity index (χ1v) is 14.0. The van der Waals surface area contributed by atoms with Crippen molar-refractivity contribution in [1.82, 2.24) is 29.4 Å². The summed E-state index contributed by atoms with van der Waals surface area (Å²) >= 11 is 0. The van der Waals surface area contributed by atoms with Crippen LogP contribution in [-0.2, 0) is 28.9 Å². The summed E-state index contributed by atoms with van der Waals surface area (Å²) < 4.78 is 34.8. The minimum Gasteiger partial charge on any atom is -0.479 e. The Bertz CT molecular complexity index is 1350. The Labute approximate surface area is 234 Å². The van der Waals surface area contributed by atoms with Gasteiger partial charge in [-0.3, -0.25) is 4.68 Å². The summed E-state index contributed by atoms with van der Waals surface area (Å²) in [5, 5.41) is 9.58. The Balaban J connectivity index is 1.36. The molecule has 0 saturated carbocycles. The minimum atomic E-state index is -0.526. The van der Waals surface area contributed by atoms with Crippen molar-refractivity contribution in [1.29, 1.82) is 0 Å². The number of halogens is 1. The molecule has 1 fully saturated rings. The molecule has 0 N–H and O–H groups in total. The second-order valence-electron chi connectivity index (χ2n) is 11.9. The Morgan fingerprint density at radius 1 is 1.15 bits per heavy atom. The van der Waals surface area contributed by atoms with E-state index in [2.05, 4.69) is 23.9 Å². The van der Waals surface area contributed by atoms with E-state index in [9.17, 15) is 9.18 Å². The molecule has 5 rings (SSSR count). The summed E-state index contributed by atoms with van der Waals surface area (Å²) in [4.78, 5) is 18.8. The van der Waals surface area contributed by atoms with Gasteiger partial charge in [0, 0.05) is 42.4 Å². The molecule has 2 aliphatic rings. The maximum Gasteiger partial charge on any atom is 0.410 e. The average molecular weight is 555 g/mol. The topological polar surface area (TPSA) is 96.5 Å². The van der Waals surface area contributed by atoms with Crippen LogP contribution in [-0.4, -0.2) is 73.5 Å². The van der Waals surface area contributed by atoms with Crippen LogP contribution in [0.1, 0.15) is 58.7 Å². The summed E-state index contributed by atoms with van der Waals surface area (Å²) in [6.07, 6.45) is 8.27. The molecule has 5 heterocycles. The SMILES string of the molecule is COc1ncc(-c2nn(-c3cnn(CC4C[C@@H](C)N(C(=O)OC(C)(C)C)[C@@H](C)C4)c3)c3c2CCOCC3)cc1F. The van der Waals surface area contributed by atoms with Crippen molar-refractivity contribution >= 4 is 6.09 Å². The quantitative estimate of drug-likeness (QED) is 0.446. The molecule has 1 saturated heterocycles. The first kappa shape index (κ1) is 28.1. The molecule has 40 heavy (non-hydrogen) atoms. The molecular weight excluding hydrogens is 515 g/mol. The predicted molar refractivity (Wildman–Crippen MR) is 147 cm³/mol. The number of likely N-dealkylation sites (tertiary alicyclic amines) is 1. The molecule has 3 atom stereocenters. The average Bonchev–Trinajstić information content (AvgIpc) is 3.39. The van der Waals surface area contributed by atoms with Gasteiger partial charge in [0.05, 0.1) is 44.1 Å². The summed E-state index contributed by atoms with van der Waals surface area (Å²) in [6.45, 7) is 11.8. The Kier molecular flexibility index (Phi) is 7.85. The van der Waals surface area contributed by atoms with E-state index >= 15 is 0 Å². The van der Waals surface area contributed by atoms with E-state index in [0.717, 1.165) is 36.3 Å². The van der Waals surface area contributed by atoms with Crippen LogP contribution in [0.3, 0.4) is 0 Å². The molecular formula is C29H39FN6O4. The zero-order chi connectivity index (χ0) is 28.6. The molecule has 216 valence electrons. The lowest BCUT2D eigenvalue weighted by atomic mass is 9.87. The van der Waals surface area contributed by atoms with Crippen molar-refractivity contribution in [2.75, 3.05) is 20.3 Å². The third kappa shape index (κ3) is 5.84. The normalized spacial score (nSPS) is 21.6. The van der Waals surface area contributed by atoms with E-state index in [4.69, 9.17) is 19.3 Å². The van der Waals surface area contributed by atoms with E-state index < -0.39 is 11.4 Å². The molecule has 0 aromatic carbocycles. The molecule has 1 unspecified atom stereocenters. The summed E-state index contributed by atoms with van der Waals surface area (Å²) in [5.41, 5.74) is 3.69. The first-order valence-electron chi connectivity index (χ1n) is 14.0. The highest BCUT2D eigenvalue weighted by Crippen LogP contribution is 2.33. The number of carbonyl (C=O) groups is 1. The van der Waals surface area contributed by atoms with Gasteiger partial charge in [0.25, 0.3) is 0 Å². The first-order chi connectivity index (χ1) is 19.0. The van der Waals surface area contributed by atoms with Crippen LogP contribution in [0, 0.1) is 11.7 Å². The summed E-state index contributed by atoms with van der Waals surface area (Å²) in [6, 6.07) is 1.56. The number of hydrogen-bond acceptors (Lipinski definition) is 7. The van der Waals surface area contributed by atoms with E-state index in [1.165, 1.54) is 13.2 Å². The fraction of sp³-hybridized carbons (Fsp3) is 0.586. The molecule has 0 aliphatic carbocycles. The molecule has 1 amide bonds. The lowest BCUT2D eigenvalue weighted by Gasteiger charge is -2.42. The highest BCUT2D eigenvalue weighted by Gasteiger charge is 2.36. The molecule has 10 nitrogen and oxygen atoms in total. The van der Waals surface area contributed by atoms with Gasteiger partial charge < -0.3 is 19.1 Å². The van der Waals surface area contributed by atoms with Crippen LogP contribution in [0.5, 0.6) is 5.88 Å². The van der Waals surface area contributed by atoms with Gasteiger partial charge in [-0.2, -0.15) is 10.2 Å². The number of ether oxygens (including phenoxy) is 3. The molecule has 11 heteroatoms. The standard InChI is InChI=1S/C29H39FN6O4/c1-18-11-20(12-19(2)35(18)28(37)40-29(3,4)5)16-34-17-22(15-32-34)36-25-8-10-39-9-7-23(25)26(33-36)21-13-24(30)27(38-6)31-14-21/h13-15,17-20H,7-12,16H2,1-6H3/t18-,19+,20?. The number of aromatic nitrogens is 5. The third-order valence-electron chi connectivity index (χ3n) is 7.56. The Hall–Kier alpha value is -3.47.